The molecule has 7 heteroatoms. The summed E-state index contributed by atoms with van der Waals surface area (Å²) in [5.41, 5.74) is 2.49. The molecule has 3 atom stereocenters. The number of hydrogen-bond acceptors (Lipinski definition) is 5. The molecule has 2 aliphatic heterocycles. The van der Waals surface area contributed by atoms with Gasteiger partial charge in [-0.2, -0.15) is 0 Å². The second-order valence-corrected chi connectivity index (χ2v) is 12.4. The van der Waals surface area contributed by atoms with E-state index in [2.05, 4.69) is 52.3 Å². The molecule has 2 aromatic rings. The van der Waals surface area contributed by atoms with Crippen LogP contribution in [0.5, 0.6) is 0 Å². The zero-order chi connectivity index (χ0) is 28.6. The van der Waals surface area contributed by atoms with Crippen molar-refractivity contribution in [1.29, 1.82) is 0 Å². The highest BCUT2D eigenvalue weighted by Crippen LogP contribution is 2.38. The molecule has 7 nitrogen and oxygen atoms in total. The fourth-order valence-corrected chi connectivity index (χ4v) is 7.47. The number of hydrogen-bond donors (Lipinski definition) is 1. The molecule has 1 N–H and O–H groups in total. The molecule has 5 rings (SSSR count). The minimum atomic E-state index is -0.649. The summed E-state index contributed by atoms with van der Waals surface area (Å²) in [7, 11) is 1.86. The van der Waals surface area contributed by atoms with E-state index >= 15 is 0 Å². The Bertz CT molecular complexity index is 1100. The fraction of sp³-hybridized carbons (Fsp3) is 0.588. The maximum Gasteiger partial charge on any atom is 0.409 e. The molecule has 0 unspecified atom stereocenters. The van der Waals surface area contributed by atoms with Crippen LogP contribution in [0.15, 0.2) is 60.7 Å². The van der Waals surface area contributed by atoms with Crippen LogP contribution < -0.4 is 0 Å². The van der Waals surface area contributed by atoms with Crippen molar-refractivity contribution >= 4 is 12.1 Å². The van der Waals surface area contributed by atoms with Crippen LogP contribution in [0.3, 0.4) is 0 Å². The normalized spacial score (nSPS) is 23.7. The number of likely N-dealkylation sites (tertiary alicyclic amines) is 2. The van der Waals surface area contributed by atoms with Gasteiger partial charge in [0.1, 0.15) is 6.04 Å². The first-order valence-electron chi connectivity index (χ1n) is 15.7. The van der Waals surface area contributed by atoms with Gasteiger partial charge in [0, 0.05) is 58.2 Å². The molecule has 0 spiro atoms. The van der Waals surface area contributed by atoms with E-state index in [9.17, 15) is 14.7 Å². The summed E-state index contributed by atoms with van der Waals surface area (Å²) in [6.45, 7) is 4.88. The van der Waals surface area contributed by atoms with Crippen molar-refractivity contribution in [3.63, 3.8) is 0 Å². The van der Waals surface area contributed by atoms with Crippen molar-refractivity contribution in [3.05, 3.63) is 71.8 Å². The van der Waals surface area contributed by atoms with Crippen molar-refractivity contribution in [2.45, 2.75) is 69.4 Å². The van der Waals surface area contributed by atoms with Gasteiger partial charge in [0.05, 0.1) is 6.61 Å². The molecular formula is C34H47N3O4. The van der Waals surface area contributed by atoms with Crippen molar-refractivity contribution in [2.24, 2.45) is 11.8 Å². The maximum atomic E-state index is 12.7. The van der Waals surface area contributed by atoms with Gasteiger partial charge < -0.3 is 19.6 Å². The Morgan fingerprint density at radius 3 is 2.24 bits per heavy atom. The molecule has 41 heavy (non-hydrogen) atoms. The molecule has 2 saturated heterocycles. The second-order valence-electron chi connectivity index (χ2n) is 12.4. The van der Waals surface area contributed by atoms with Gasteiger partial charge in [0.25, 0.3) is 0 Å². The van der Waals surface area contributed by atoms with Crippen molar-refractivity contribution in [1.82, 2.24) is 14.7 Å². The number of ether oxygens (including phenoxy) is 1. The van der Waals surface area contributed by atoms with Gasteiger partial charge >= 0.3 is 12.1 Å². The van der Waals surface area contributed by atoms with E-state index < -0.39 is 5.97 Å². The summed E-state index contributed by atoms with van der Waals surface area (Å²) in [4.78, 5) is 31.9. The highest BCUT2D eigenvalue weighted by molar-refractivity contribution is 5.74. The van der Waals surface area contributed by atoms with Crippen LogP contribution in [0.25, 0.3) is 0 Å². The number of amides is 1. The molecule has 3 fully saturated rings. The van der Waals surface area contributed by atoms with Crippen molar-refractivity contribution < 1.29 is 19.4 Å². The summed E-state index contributed by atoms with van der Waals surface area (Å²) in [6, 6.07) is 20.6. The number of carbonyl (C=O) groups is 2. The molecule has 1 saturated carbocycles. The first-order valence-corrected chi connectivity index (χ1v) is 15.7. The summed E-state index contributed by atoms with van der Waals surface area (Å²) in [6.07, 6.45) is 7.94. The van der Waals surface area contributed by atoms with Crippen LogP contribution in [-0.4, -0.2) is 90.3 Å². The highest BCUT2D eigenvalue weighted by atomic mass is 16.6. The Labute approximate surface area is 245 Å². The Kier molecular flexibility index (Phi) is 10.3. The van der Waals surface area contributed by atoms with Gasteiger partial charge in [-0.1, -0.05) is 79.9 Å². The number of carbonyl (C=O) groups excluding carboxylic acids is 1. The van der Waals surface area contributed by atoms with Gasteiger partial charge in [-0.3, -0.25) is 9.69 Å². The Hall–Kier alpha value is -2.90. The molecule has 2 heterocycles. The number of benzene rings is 2. The Morgan fingerprint density at radius 2 is 1.59 bits per heavy atom. The number of carboxylic acids is 1. The summed E-state index contributed by atoms with van der Waals surface area (Å²) < 4.78 is 5.58. The van der Waals surface area contributed by atoms with Crippen LogP contribution in [-0.2, 0) is 16.0 Å². The molecule has 1 amide bonds. The van der Waals surface area contributed by atoms with E-state index in [-0.39, 0.29) is 24.1 Å². The first kappa shape index (κ1) is 29.6. The molecule has 0 radical (unpaired) electrons. The molecule has 0 aromatic heterocycles. The highest BCUT2D eigenvalue weighted by Gasteiger charge is 2.43. The third-order valence-corrected chi connectivity index (χ3v) is 9.78. The van der Waals surface area contributed by atoms with Crippen LogP contribution >= 0.6 is 0 Å². The minimum absolute atomic E-state index is 0.183. The summed E-state index contributed by atoms with van der Waals surface area (Å²) >= 11 is 0. The van der Waals surface area contributed by atoms with Crippen LogP contribution in [0.4, 0.5) is 4.79 Å². The second kappa shape index (κ2) is 14.3. The molecule has 222 valence electrons. The van der Waals surface area contributed by atoms with Crippen LogP contribution in [0.1, 0.15) is 62.0 Å². The Morgan fingerprint density at radius 1 is 0.927 bits per heavy atom. The van der Waals surface area contributed by atoms with Gasteiger partial charge in [0.15, 0.2) is 0 Å². The third-order valence-electron chi connectivity index (χ3n) is 9.78. The largest absolute Gasteiger partial charge is 0.480 e. The van der Waals surface area contributed by atoms with Gasteiger partial charge in [-0.25, -0.2) is 4.79 Å². The number of nitrogens with zero attached hydrogens (tertiary/aromatic N) is 3. The van der Waals surface area contributed by atoms with E-state index in [1.54, 1.807) is 4.90 Å². The van der Waals surface area contributed by atoms with Gasteiger partial charge in [-0.15, -0.1) is 0 Å². The SMILES string of the molecule is CN(C(=O)OCCc1ccccc1)C1CCN(C[C@H]2CN([C@@H](C(=O)O)C3CCCCC3)C[C@@H]2c2ccccc2)CC1. The number of rotatable bonds is 10. The van der Waals surface area contributed by atoms with E-state index in [0.29, 0.717) is 18.4 Å². The number of piperidine rings is 1. The minimum Gasteiger partial charge on any atom is -0.480 e. The zero-order valence-corrected chi connectivity index (χ0v) is 24.6. The molecule has 1 aliphatic carbocycles. The summed E-state index contributed by atoms with van der Waals surface area (Å²) in [5, 5.41) is 10.3. The first-order chi connectivity index (χ1) is 20.0. The van der Waals surface area contributed by atoms with Crippen molar-refractivity contribution in [3.8, 4) is 0 Å². The smallest absolute Gasteiger partial charge is 0.409 e. The quantitative estimate of drug-likeness (QED) is 0.412. The number of aliphatic carboxylic acids is 1. The zero-order valence-electron chi connectivity index (χ0n) is 24.6. The van der Waals surface area contributed by atoms with Crippen LogP contribution in [0.2, 0.25) is 0 Å². The fourth-order valence-electron chi connectivity index (χ4n) is 7.47. The lowest BCUT2D eigenvalue weighted by Crippen LogP contribution is -2.48. The topological polar surface area (TPSA) is 73.3 Å². The third kappa shape index (κ3) is 7.69. The molecule has 0 bridgehead atoms. The predicted octanol–water partition coefficient (Wildman–Crippen LogP) is 5.51. The van der Waals surface area contributed by atoms with E-state index in [1.807, 2.05) is 25.2 Å². The standard InChI is InChI=1S/C34H47N3O4/c1-35(34(40)41-22-19-26-11-5-2-6-12-26)30-17-20-36(21-18-30)23-29-24-37(25-31(29)27-13-7-3-8-14-27)32(33(38)39)28-15-9-4-10-16-28/h2-3,5-8,11-14,28-32H,4,9-10,15-25H2,1H3,(H,38,39)/t29-,31+,32+/m0/s1. The number of carboxylic acid groups (broad SMARTS) is 1. The molecular weight excluding hydrogens is 514 g/mol. The van der Waals surface area contributed by atoms with E-state index in [4.69, 9.17) is 4.74 Å². The lowest BCUT2D eigenvalue weighted by Gasteiger charge is -2.38. The van der Waals surface area contributed by atoms with Gasteiger partial charge in [0.2, 0.25) is 0 Å². The lowest BCUT2D eigenvalue weighted by molar-refractivity contribution is -0.145. The Balaban J connectivity index is 1.15. The lowest BCUT2D eigenvalue weighted by atomic mass is 9.83. The van der Waals surface area contributed by atoms with E-state index in [1.165, 1.54) is 17.5 Å². The average Bonchev–Trinajstić information content (AvgIpc) is 3.41. The average molecular weight is 562 g/mol. The molecule has 2 aromatic carbocycles. The van der Waals surface area contributed by atoms with Gasteiger partial charge in [-0.05, 0) is 48.6 Å². The monoisotopic (exact) mass is 561 g/mol. The molecule has 3 aliphatic rings. The van der Waals surface area contributed by atoms with Crippen LogP contribution in [0, 0.1) is 11.8 Å². The predicted molar refractivity (Wildman–Crippen MR) is 161 cm³/mol. The van der Waals surface area contributed by atoms with E-state index in [0.717, 1.165) is 77.7 Å². The van der Waals surface area contributed by atoms with Crippen molar-refractivity contribution in [2.75, 3.05) is 46.4 Å². The summed E-state index contributed by atoms with van der Waals surface area (Å²) in [5.74, 6) is 0.334. The maximum absolute atomic E-state index is 12.7.